The van der Waals surface area contributed by atoms with E-state index in [-0.39, 0.29) is 6.61 Å². The molecule has 1 N–H and O–H groups in total. The van der Waals surface area contributed by atoms with Crippen molar-refractivity contribution in [2.24, 2.45) is 0 Å². The summed E-state index contributed by atoms with van der Waals surface area (Å²) in [6.07, 6.45) is 0.852. The van der Waals surface area contributed by atoms with Crippen molar-refractivity contribution in [1.82, 2.24) is 0 Å². The number of ether oxygens (including phenoxy) is 3. The molecule has 1 rings (SSSR count). The van der Waals surface area contributed by atoms with E-state index in [2.05, 4.69) is 13.8 Å². The van der Waals surface area contributed by atoms with Gasteiger partial charge in [0.05, 0.1) is 13.2 Å². The molecular formula is C14H27FO4. The van der Waals surface area contributed by atoms with E-state index in [1.165, 1.54) is 0 Å². The quantitative estimate of drug-likeness (QED) is 0.622. The van der Waals surface area contributed by atoms with Crippen LogP contribution >= 0.6 is 0 Å². The summed E-state index contributed by atoms with van der Waals surface area (Å²) in [7, 11) is 0. The fraction of sp³-hybridized carbons (Fsp3) is 1.00. The normalized spacial score (nSPS) is 30.9. The van der Waals surface area contributed by atoms with E-state index in [0.717, 1.165) is 25.7 Å². The smallest absolute Gasteiger partial charge is 0.157 e. The Bertz CT molecular complexity index is 227. The summed E-state index contributed by atoms with van der Waals surface area (Å²) in [5.41, 5.74) is 0. The lowest BCUT2D eigenvalue weighted by molar-refractivity contribution is -0.0713. The van der Waals surface area contributed by atoms with Crippen LogP contribution in [-0.2, 0) is 14.2 Å². The SMILES string of the molecule is CCCCOC[C@H]1OC(CO)[C@@H](F)[C@@H]1OCCCC. The Kier molecular flexibility index (Phi) is 8.53. The molecule has 0 aromatic carbocycles. The number of aliphatic hydroxyl groups is 1. The molecule has 0 bridgehead atoms. The zero-order valence-corrected chi connectivity index (χ0v) is 12.0. The van der Waals surface area contributed by atoms with Crippen LogP contribution in [0.25, 0.3) is 0 Å². The highest BCUT2D eigenvalue weighted by Gasteiger charge is 2.45. The highest BCUT2D eigenvalue weighted by molar-refractivity contribution is 4.92. The molecule has 0 saturated carbocycles. The molecule has 0 aliphatic carbocycles. The average molecular weight is 278 g/mol. The van der Waals surface area contributed by atoms with E-state index in [9.17, 15) is 4.39 Å². The second-order valence-electron chi connectivity index (χ2n) is 4.96. The van der Waals surface area contributed by atoms with Gasteiger partial charge in [-0.15, -0.1) is 0 Å². The van der Waals surface area contributed by atoms with Gasteiger partial charge in [0.25, 0.3) is 0 Å². The first-order chi connectivity index (χ1) is 9.24. The number of rotatable bonds is 10. The van der Waals surface area contributed by atoms with Crippen molar-refractivity contribution in [2.75, 3.05) is 26.4 Å². The van der Waals surface area contributed by atoms with Crippen molar-refractivity contribution in [3.63, 3.8) is 0 Å². The Morgan fingerprint density at radius 1 is 1.11 bits per heavy atom. The third-order valence-corrected chi connectivity index (χ3v) is 3.30. The summed E-state index contributed by atoms with van der Waals surface area (Å²) in [5.74, 6) is 0. The maximum absolute atomic E-state index is 14.0. The van der Waals surface area contributed by atoms with E-state index in [1.54, 1.807) is 0 Å². The van der Waals surface area contributed by atoms with Gasteiger partial charge in [0, 0.05) is 13.2 Å². The van der Waals surface area contributed by atoms with Crippen LogP contribution in [0.5, 0.6) is 0 Å². The molecular weight excluding hydrogens is 251 g/mol. The first kappa shape index (κ1) is 16.8. The highest BCUT2D eigenvalue weighted by Crippen LogP contribution is 2.27. The molecule has 0 aromatic heterocycles. The zero-order valence-electron chi connectivity index (χ0n) is 12.0. The van der Waals surface area contributed by atoms with Gasteiger partial charge in [0.15, 0.2) is 6.17 Å². The maximum Gasteiger partial charge on any atom is 0.157 e. The minimum atomic E-state index is -1.28. The van der Waals surface area contributed by atoms with E-state index in [1.807, 2.05) is 0 Å². The minimum Gasteiger partial charge on any atom is -0.394 e. The van der Waals surface area contributed by atoms with E-state index >= 15 is 0 Å². The standard InChI is InChI=1S/C14H27FO4/c1-3-5-7-17-10-12-14(18-8-6-4-2)13(15)11(9-16)19-12/h11-14,16H,3-10H2,1-2H3/t11?,12-,13-,14-/m1/s1. The van der Waals surface area contributed by atoms with Crippen molar-refractivity contribution in [1.29, 1.82) is 0 Å². The number of hydrogen-bond acceptors (Lipinski definition) is 4. The molecule has 1 unspecified atom stereocenters. The summed E-state index contributed by atoms with van der Waals surface area (Å²) in [6, 6.07) is 0. The lowest BCUT2D eigenvalue weighted by Crippen LogP contribution is -2.35. The Labute approximate surface area is 115 Å². The number of unbranched alkanes of at least 4 members (excludes halogenated alkanes) is 2. The molecule has 114 valence electrons. The van der Waals surface area contributed by atoms with E-state index < -0.39 is 24.5 Å². The Morgan fingerprint density at radius 2 is 1.79 bits per heavy atom. The molecule has 19 heavy (non-hydrogen) atoms. The van der Waals surface area contributed by atoms with Gasteiger partial charge in [-0.1, -0.05) is 26.7 Å². The predicted molar refractivity (Wildman–Crippen MR) is 71.0 cm³/mol. The molecule has 1 fully saturated rings. The van der Waals surface area contributed by atoms with Crippen LogP contribution < -0.4 is 0 Å². The third kappa shape index (κ3) is 5.34. The highest BCUT2D eigenvalue weighted by atomic mass is 19.1. The number of aliphatic hydroxyl groups excluding tert-OH is 1. The van der Waals surface area contributed by atoms with Crippen LogP contribution in [0, 0.1) is 0 Å². The molecule has 0 radical (unpaired) electrons. The van der Waals surface area contributed by atoms with Crippen molar-refractivity contribution < 1.29 is 23.7 Å². The monoisotopic (exact) mass is 278 g/mol. The molecule has 5 heteroatoms. The van der Waals surface area contributed by atoms with Gasteiger partial charge in [-0.25, -0.2) is 4.39 Å². The van der Waals surface area contributed by atoms with E-state index in [4.69, 9.17) is 19.3 Å². The van der Waals surface area contributed by atoms with Crippen LogP contribution in [0.15, 0.2) is 0 Å². The molecule has 1 aliphatic heterocycles. The van der Waals surface area contributed by atoms with Crippen molar-refractivity contribution in [3.05, 3.63) is 0 Å². The molecule has 4 atom stereocenters. The lowest BCUT2D eigenvalue weighted by atomic mass is 10.1. The van der Waals surface area contributed by atoms with Gasteiger partial charge in [-0.2, -0.15) is 0 Å². The van der Waals surface area contributed by atoms with Crippen molar-refractivity contribution >= 4 is 0 Å². The minimum absolute atomic E-state index is 0.319. The predicted octanol–water partition coefficient (Wildman–Crippen LogP) is 2.09. The fourth-order valence-electron chi connectivity index (χ4n) is 2.08. The largest absolute Gasteiger partial charge is 0.394 e. The van der Waals surface area contributed by atoms with Gasteiger partial charge in [-0.3, -0.25) is 0 Å². The topological polar surface area (TPSA) is 47.9 Å². The average Bonchev–Trinajstić information content (AvgIpc) is 2.72. The summed E-state index contributed by atoms with van der Waals surface area (Å²) >= 11 is 0. The van der Waals surface area contributed by atoms with Crippen molar-refractivity contribution in [3.8, 4) is 0 Å². The second-order valence-corrected chi connectivity index (χ2v) is 4.96. The number of hydrogen-bond donors (Lipinski definition) is 1. The number of alkyl halides is 1. The summed E-state index contributed by atoms with van der Waals surface area (Å²) in [4.78, 5) is 0. The number of halogens is 1. The van der Waals surface area contributed by atoms with E-state index in [0.29, 0.717) is 19.8 Å². The summed E-state index contributed by atoms with van der Waals surface area (Å²) in [6.45, 7) is 5.33. The first-order valence-corrected chi connectivity index (χ1v) is 7.34. The van der Waals surface area contributed by atoms with Crippen LogP contribution in [0.1, 0.15) is 39.5 Å². The summed E-state index contributed by atoms with van der Waals surface area (Å²) in [5, 5.41) is 9.09. The molecule has 0 spiro atoms. The van der Waals surface area contributed by atoms with Crippen LogP contribution in [-0.4, -0.2) is 56.0 Å². The first-order valence-electron chi connectivity index (χ1n) is 7.34. The van der Waals surface area contributed by atoms with Crippen molar-refractivity contribution in [2.45, 2.75) is 64.0 Å². The Morgan fingerprint density at radius 3 is 2.42 bits per heavy atom. The fourth-order valence-corrected chi connectivity index (χ4v) is 2.08. The van der Waals surface area contributed by atoms with Crippen LogP contribution in [0.4, 0.5) is 4.39 Å². The third-order valence-electron chi connectivity index (χ3n) is 3.30. The molecule has 1 aliphatic rings. The zero-order chi connectivity index (χ0) is 14.1. The molecule has 4 nitrogen and oxygen atoms in total. The van der Waals surface area contributed by atoms with Gasteiger partial charge in [-0.05, 0) is 12.8 Å². The molecule has 0 amide bonds. The second kappa shape index (κ2) is 9.64. The summed E-state index contributed by atoms with van der Waals surface area (Å²) < 4.78 is 30.6. The lowest BCUT2D eigenvalue weighted by Gasteiger charge is -2.20. The molecule has 1 heterocycles. The van der Waals surface area contributed by atoms with Gasteiger partial charge in [0.1, 0.15) is 18.3 Å². The van der Waals surface area contributed by atoms with Gasteiger partial charge >= 0.3 is 0 Å². The maximum atomic E-state index is 14.0. The molecule has 1 saturated heterocycles. The van der Waals surface area contributed by atoms with Gasteiger partial charge < -0.3 is 19.3 Å². The van der Waals surface area contributed by atoms with Gasteiger partial charge in [0.2, 0.25) is 0 Å². The van der Waals surface area contributed by atoms with Crippen LogP contribution in [0.2, 0.25) is 0 Å². The Balaban J connectivity index is 2.40. The molecule has 0 aromatic rings. The van der Waals surface area contributed by atoms with Crippen LogP contribution in [0.3, 0.4) is 0 Å². The Hall–Kier alpha value is -0.230.